The molecule has 5 nitrogen and oxygen atoms in total. The first-order valence-corrected chi connectivity index (χ1v) is 6.25. The third-order valence-electron chi connectivity index (χ3n) is 2.72. The average molecular weight is 258 g/mol. The van der Waals surface area contributed by atoms with E-state index < -0.39 is 0 Å². The molecular weight excluding hydrogens is 240 g/mol. The molecule has 19 heavy (non-hydrogen) atoms. The highest BCUT2D eigenvalue weighted by Crippen LogP contribution is 2.22. The quantitative estimate of drug-likeness (QED) is 0.858. The molecule has 5 heteroatoms. The van der Waals surface area contributed by atoms with Crippen LogP contribution >= 0.6 is 0 Å². The molecule has 2 N–H and O–H groups in total. The average Bonchev–Trinajstić information content (AvgIpc) is 2.49. The van der Waals surface area contributed by atoms with Gasteiger partial charge < -0.3 is 15.4 Å². The lowest BCUT2D eigenvalue weighted by Gasteiger charge is -2.22. The Hall–Kier alpha value is -2.14. The van der Waals surface area contributed by atoms with Crippen LogP contribution in [0.25, 0.3) is 0 Å². The second-order valence-electron chi connectivity index (χ2n) is 4.03. The van der Waals surface area contributed by atoms with E-state index in [1.807, 2.05) is 35.2 Å². The summed E-state index contributed by atoms with van der Waals surface area (Å²) in [6, 6.07) is 11.8. The number of aromatic nitrogens is 2. The normalized spacial score (nSPS) is 10.2. The predicted molar refractivity (Wildman–Crippen MR) is 75.7 cm³/mol. The van der Waals surface area contributed by atoms with Gasteiger partial charge in [0.25, 0.3) is 0 Å². The van der Waals surface area contributed by atoms with Crippen LogP contribution in [0.3, 0.4) is 0 Å². The van der Waals surface area contributed by atoms with Gasteiger partial charge in [-0.05, 0) is 25.1 Å². The summed E-state index contributed by atoms with van der Waals surface area (Å²) in [6.07, 6.45) is 2.56. The molecule has 2 rings (SSSR count). The lowest BCUT2D eigenvalue weighted by molar-refractivity contribution is 0.397. The van der Waals surface area contributed by atoms with Crippen molar-refractivity contribution in [3.63, 3.8) is 0 Å². The summed E-state index contributed by atoms with van der Waals surface area (Å²) in [5.74, 6) is 1.18. The van der Waals surface area contributed by atoms with Gasteiger partial charge >= 0.3 is 0 Å². The van der Waals surface area contributed by atoms with E-state index in [-0.39, 0.29) is 0 Å². The molecule has 0 aliphatic rings. The molecule has 0 unspecified atom stereocenters. The van der Waals surface area contributed by atoms with E-state index in [4.69, 9.17) is 10.5 Å². The molecule has 0 atom stereocenters. The zero-order valence-electron chi connectivity index (χ0n) is 11.0. The van der Waals surface area contributed by atoms with E-state index in [1.54, 1.807) is 19.4 Å². The van der Waals surface area contributed by atoms with Gasteiger partial charge in [0.15, 0.2) is 0 Å². The van der Waals surface area contributed by atoms with Gasteiger partial charge in [-0.1, -0.05) is 18.2 Å². The van der Waals surface area contributed by atoms with Crippen molar-refractivity contribution in [1.29, 1.82) is 0 Å². The second kappa shape index (κ2) is 6.70. The van der Waals surface area contributed by atoms with Crippen molar-refractivity contribution >= 4 is 11.6 Å². The Morgan fingerprint density at radius 1 is 1.21 bits per heavy atom. The molecule has 0 aliphatic heterocycles. The van der Waals surface area contributed by atoms with Crippen molar-refractivity contribution in [2.45, 2.75) is 6.42 Å². The van der Waals surface area contributed by atoms with E-state index in [0.717, 1.165) is 18.7 Å². The fraction of sp³-hybridized carbons (Fsp3) is 0.286. The monoisotopic (exact) mass is 258 g/mol. The van der Waals surface area contributed by atoms with E-state index in [1.165, 1.54) is 0 Å². The van der Waals surface area contributed by atoms with Gasteiger partial charge in [0, 0.05) is 24.5 Å². The first kappa shape index (κ1) is 13.3. The number of para-hydroxylation sites is 1. The summed E-state index contributed by atoms with van der Waals surface area (Å²) in [6.45, 7) is 1.40. The van der Waals surface area contributed by atoms with Crippen LogP contribution in [-0.4, -0.2) is 30.2 Å². The standard InChI is InChI=1S/C14H18N4O/c1-19-13-8-10-16-14(17-13)18(11-5-9-15)12-6-3-2-4-7-12/h2-4,6-8,10H,5,9,11,15H2,1H3. The number of nitrogens with two attached hydrogens (primary N) is 1. The van der Waals surface area contributed by atoms with Crippen molar-refractivity contribution in [2.24, 2.45) is 5.73 Å². The number of rotatable bonds is 6. The van der Waals surface area contributed by atoms with Gasteiger partial charge in [0.1, 0.15) is 0 Å². The van der Waals surface area contributed by atoms with Crippen LogP contribution in [0, 0.1) is 0 Å². The summed E-state index contributed by atoms with van der Waals surface area (Å²) < 4.78 is 5.14. The molecule has 0 bridgehead atoms. The van der Waals surface area contributed by atoms with Crippen LogP contribution in [0.4, 0.5) is 11.6 Å². The van der Waals surface area contributed by atoms with Gasteiger partial charge in [-0.2, -0.15) is 4.98 Å². The third-order valence-corrected chi connectivity index (χ3v) is 2.72. The number of benzene rings is 1. The number of ether oxygens (including phenoxy) is 1. The van der Waals surface area contributed by atoms with Crippen molar-refractivity contribution in [3.05, 3.63) is 42.6 Å². The highest BCUT2D eigenvalue weighted by atomic mass is 16.5. The first-order chi connectivity index (χ1) is 9.35. The van der Waals surface area contributed by atoms with Crippen molar-refractivity contribution in [3.8, 4) is 5.88 Å². The molecule has 100 valence electrons. The summed E-state index contributed by atoms with van der Waals surface area (Å²) in [7, 11) is 1.60. The van der Waals surface area contributed by atoms with E-state index in [0.29, 0.717) is 18.4 Å². The highest BCUT2D eigenvalue weighted by molar-refractivity contribution is 5.57. The number of hydrogen-bond acceptors (Lipinski definition) is 5. The van der Waals surface area contributed by atoms with Gasteiger partial charge in [-0.15, -0.1) is 0 Å². The molecule has 0 fully saturated rings. The second-order valence-corrected chi connectivity index (χ2v) is 4.03. The summed E-state index contributed by atoms with van der Waals surface area (Å²) in [5, 5.41) is 0. The molecule has 1 heterocycles. The van der Waals surface area contributed by atoms with Crippen LogP contribution in [0.1, 0.15) is 6.42 Å². The zero-order chi connectivity index (χ0) is 13.5. The van der Waals surface area contributed by atoms with Crippen LogP contribution in [0.5, 0.6) is 5.88 Å². The van der Waals surface area contributed by atoms with Crippen LogP contribution < -0.4 is 15.4 Å². The Morgan fingerprint density at radius 2 is 2.00 bits per heavy atom. The maximum atomic E-state index is 5.60. The van der Waals surface area contributed by atoms with Gasteiger partial charge in [-0.3, -0.25) is 0 Å². The minimum absolute atomic E-state index is 0.554. The molecule has 0 saturated heterocycles. The summed E-state index contributed by atoms with van der Waals surface area (Å²) in [4.78, 5) is 10.7. The molecule has 0 aliphatic carbocycles. The van der Waals surface area contributed by atoms with Crippen molar-refractivity contribution in [1.82, 2.24) is 9.97 Å². The molecule has 1 aromatic carbocycles. The SMILES string of the molecule is COc1ccnc(N(CCCN)c2ccccc2)n1. The highest BCUT2D eigenvalue weighted by Gasteiger charge is 2.12. The predicted octanol–water partition coefficient (Wildman–Crippen LogP) is 1.97. The lowest BCUT2D eigenvalue weighted by atomic mass is 10.3. The summed E-state index contributed by atoms with van der Waals surface area (Å²) in [5.41, 5.74) is 6.64. The zero-order valence-corrected chi connectivity index (χ0v) is 11.0. The van der Waals surface area contributed by atoms with Crippen molar-refractivity contribution < 1.29 is 4.74 Å². The Morgan fingerprint density at radius 3 is 2.68 bits per heavy atom. The maximum Gasteiger partial charge on any atom is 0.233 e. The number of methoxy groups -OCH3 is 1. The number of nitrogens with zero attached hydrogens (tertiary/aromatic N) is 3. The van der Waals surface area contributed by atoms with Crippen LogP contribution in [0.2, 0.25) is 0 Å². The number of hydrogen-bond donors (Lipinski definition) is 1. The van der Waals surface area contributed by atoms with E-state index in [9.17, 15) is 0 Å². The minimum atomic E-state index is 0.554. The van der Waals surface area contributed by atoms with Gasteiger partial charge in [0.05, 0.1) is 7.11 Å². The molecule has 0 radical (unpaired) electrons. The molecule has 0 spiro atoms. The van der Waals surface area contributed by atoms with E-state index >= 15 is 0 Å². The first-order valence-electron chi connectivity index (χ1n) is 6.25. The Bertz CT molecular complexity index is 504. The fourth-order valence-electron chi connectivity index (χ4n) is 1.78. The smallest absolute Gasteiger partial charge is 0.233 e. The largest absolute Gasteiger partial charge is 0.481 e. The Kier molecular flexibility index (Phi) is 4.69. The van der Waals surface area contributed by atoms with E-state index in [2.05, 4.69) is 9.97 Å². The summed E-state index contributed by atoms with van der Waals surface area (Å²) >= 11 is 0. The van der Waals surface area contributed by atoms with Gasteiger partial charge in [-0.25, -0.2) is 4.98 Å². The lowest BCUT2D eigenvalue weighted by Crippen LogP contribution is -2.23. The molecular formula is C14H18N4O. The Labute approximate surface area is 113 Å². The van der Waals surface area contributed by atoms with Crippen LogP contribution in [0.15, 0.2) is 42.6 Å². The fourth-order valence-corrected chi connectivity index (χ4v) is 1.78. The molecule has 0 saturated carbocycles. The van der Waals surface area contributed by atoms with Crippen LogP contribution in [-0.2, 0) is 0 Å². The Balaban J connectivity index is 2.31. The third kappa shape index (κ3) is 3.42. The minimum Gasteiger partial charge on any atom is -0.481 e. The van der Waals surface area contributed by atoms with Gasteiger partial charge in [0.2, 0.25) is 11.8 Å². The number of anilines is 2. The molecule has 0 amide bonds. The topological polar surface area (TPSA) is 64.3 Å². The molecule has 2 aromatic rings. The maximum absolute atomic E-state index is 5.60. The van der Waals surface area contributed by atoms with Crippen molar-refractivity contribution in [2.75, 3.05) is 25.1 Å². The molecule has 1 aromatic heterocycles.